The maximum atomic E-state index is 11.0. The Hall–Kier alpha value is -2.12. The lowest BCUT2D eigenvalue weighted by Gasteiger charge is -2.07. The van der Waals surface area contributed by atoms with Gasteiger partial charge in [0.1, 0.15) is 0 Å². The molecule has 0 aliphatic heterocycles. The second-order valence-electron chi connectivity index (χ2n) is 4.01. The first-order valence-corrected chi connectivity index (χ1v) is 6.61. The van der Waals surface area contributed by atoms with Crippen LogP contribution in [0, 0.1) is 10.1 Å². The van der Waals surface area contributed by atoms with E-state index in [2.05, 4.69) is 0 Å². The van der Waals surface area contributed by atoms with Gasteiger partial charge in [-0.15, -0.1) is 0 Å². The molecule has 0 saturated carbocycles. The van der Waals surface area contributed by atoms with Gasteiger partial charge in [0.05, 0.1) is 18.1 Å². The first-order valence-electron chi connectivity index (χ1n) is 5.80. The molecule has 0 saturated heterocycles. The summed E-state index contributed by atoms with van der Waals surface area (Å²) in [6, 6.07) is 8.19. The summed E-state index contributed by atoms with van der Waals surface area (Å²) in [5.74, 6) is 0.867. The normalized spacial score (nSPS) is 11.9. The quantitative estimate of drug-likeness (QED) is 0.674. The Morgan fingerprint density at radius 3 is 2.55 bits per heavy atom. The molecule has 1 N–H and O–H groups in total. The number of nitro groups is 1. The predicted octanol–water partition coefficient (Wildman–Crippen LogP) is 3.51. The number of para-hydroxylation sites is 2. The molecule has 1 aromatic heterocycles. The monoisotopic (exact) mass is 295 g/mol. The van der Waals surface area contributed by atoms with Gasteiger partial charge >= 0.3 is 5.69 Å². The van der Waals surface area contributed by atoms with Gasteiger partial charge in [0, 0.05) is 10.9 Å². The van der Waals surface area contributed by atoms with E-state index >= 15 is 0 Å². The van der Waals surface area contributed by atoms with E-state index in [0.717, 1.165) is 11.3 Å². The minimum Gasteiger partial charge on any atom is -0.493 e. The summed E-state index contributed by atoms with van der Waals surface area (Å²) in [5.41, 5.74) is -0.170. The van der Waals surface area contributed by atoms with E-state index in [1.165, 1.54) is 13.2 Å². The standard InChI is InChI=1S/C13H13NO5S/c1-8(15)12-7-9(14(16)17)13(20-12)19-11-6-4-3-5-10(11)18-2/h3-8,15H,1-2H3/t8-/m0/s1. The summed E-state index contributed by atoms with van der Waals surface area (Å²) in [7, 11) is 1.49. The van der Waals surface area contributed by atoms with Crippen molar-refractivity contribution >= 4 is 17.0 Å². The fraction of sp³-hybridized carbons (Fsp3) is 0.231. The Morgan fingerprint density at radius 1 is 1.35 bits per heavy atom. The van der Waals surface area contributed by atoms with Gasteiger partial charge in [0.25, 0.3) is 5.06 Å². The van der Waals surface area contributed by atoms with Crippen LogP contribution in [-0.2, 0) is 0 Å². The molecule has 0 bridgehead atoms. The summed E-state index contributed by atoms with van der Waals surface area (Å²) in [6.07, 6.45) is -0.784. The van der Waals surface area contributed by atoms with Crippen LogP contribution in [0.2, 0.25) is 0 Å². The number of nitrogens with zero attached hydrogens (tertiary/aromatic N) is 1. The summed E-state index contributed by atoms with van der Waals surface area (Å²) >= 11 is 1.04. The van der Waals surface area contributed by atoms with E-state index in [9.17, 15) is 15.2 Å². The molecule has 0 unspecified atom stereocenters. The second-order valence-corrected chi connectivity index (χ2v) is 5.05. The molecular weight excluding hydrogens is 282 g/mol. The number of thiophene rings is 1. The molecule has 7 heteroatoms. The van der Waals surface area contributed by atoms with Gasteiger partial charge < -0.3 is 14.6 Å². The number of rotatable bonds is 5. The molecule has 2 rings (SSSR count). The van der Waals surface area contributed by atoms with Crippen LogP contribution < -0.4 is 9.47 Å². The maximum absolute atomic E-state index is 11.0. The summed E-state index contributed by atoms with van der Waals surface area (Å²) in [4.78, 5) is 11.0. The van der Waals surface area contributed by atoms with Crippen LogP contribution in [0.3, 0.4) is 0 Å². The first-order chi connectivity index (χ1) is 9.52. The highest BCUT2D eigenvalue weighted by atomic mass is 32.1. The molecule has 1 aromatic carbocycles. The van der Waals surface area contributed by atoms with Crippen LogP contribution in [0.1, 0.15) is 17.9 Å². The van der Waals surface area contributed by atoms with Crippen molar-refractivity contribution in [1.29, 1.82) is 0 Å². The Kier molecular flexibility index (Phi) is 4.21. The molecule has 2 aromatic rings. The average Bonchev–Trinajstić information content (AvgIpc) is 2.84. The molecule has 1 atom stereocenters. The third-order valence-corrected chi connectivity index (χ3v) is 3.75. The van der Waals surface area contributed by atoms with Crippen molar-refractivity contribution in [2.45, 2.75) is 13.0 Å². The summed E-state index contributed by atoms with van der Waals surface area (Å²) in [5, 5.41) is 20.7. The van der Waals surface area contributed by atoms with Gasteiger partial charge in [-0.2, -0.15) is 0 Å². The number of aliphatic hydroxyl groups is 1. The van der Waals surface area contributed by atoms with Crippen molar-refractivity contribution in [2.24, 2.45) is 0 Å². The molecular formula is C13H13NO5S. The molecule has 0 fully saturated rings. The highest BCUT2D eigenvalue weighted by molar-refractivity contribution is 7.14. The zero-order valence-corrected chi connectivity index (χ0v) is 11.7. The molecule has 0 aliphatic rings. The largest absolute Gasteiger partial charge is 0.493 e. The number of hydrogen-bond acceptors (Lipinski definition) is 6. The Morgan fingerprint density at radius 2 is 2.00 bits per heavy atom. The van der Waals surface area contributed by atoms with Gasteiger partial charge in [0.2, 0.25) is 0 Å². The average molecular weight is 295 g/mol. The van der Waals surface area contributed by atoms with Crippen LogP contribution in [0.25, 0.3) is 0 Å². The smallest absolute Gasteiger partial charge is 0.323 e. The van der Waals surface area contributed by atoms with Crippen molar-refractivity contribution in [1.82, 2.24) is 0 Å². The van der Waals surface area contributed by atoms with Gasteiger partial charge in [-0.25, -0.2) is 0 Å². The molecule has 0 radical (unpaired) electrons. The van der Waals surface area contributed by atoms with E-state index in [4.69, 9.17) is 9.47 Å². The van der Waals surface area contributed by atoms with E-state index in [0.29, 0.717) is 16.4 Å². The summed E-state index contributed by atoms with van der Waals surface area (Å²) < 4.78 is 10.7. The number of ether oxygens (including phenoxy) is 2. The minimum absolute atomic E-state index is 0.121. The summed E-state index contributed by atoms with van der Waals surface area (Å²) in [6.45, 7) is 1.54. The highest BCUT2D eigenvalue weighted by Crippen LogP contribution is 2.43. The van der Waals surface area contributed by atoms with E-state index < -0.39 is 11.0 Å². The van der Waals surface area contributed by atoms with Crippen LogP contribution in [0.15, 0.2) is 30.3 Å². The fourth-order valence-electron chi connectivity index (χ4n) is 1.59. The molecule has 0 aliphatic carbocycles. The third kappa shape index (κ3) is 2.89. The molecule has 106 valence electrons. The highest BCUT2D eigenvalue weighted by Gasteiger charge is 2.23. The molecule has 0 amide bonds. The van der Waals surface area contributed by atoms with Gasteiger partial charge in [0.15, 0.2) is 11.5 Å². The Bertz CT molecular complexity index is 623. The maximum Gasteiger partial charge on any atom is 0.323 e. The third-order valence-electron chi connectivity index (χ3n) is 2.58. The second kappa shape index (κ2) is 5.89. The molecule has 6 nitrogen and oxygen atoms in total. The van der Waals surface area contributed by atoms with Crippen LogP contribution >= 0.6 is 11.3 Å². The topological polar surface area (TPSA) is 81.8 Å². The van der Waals surface area contributed by atoms with Crippen molar-refractivity contribution < 1.29 is 19.5 Å². The number of hydrogen-bond donors (Lipinski definition) is 1. The Labute approximate surface area is 119 Å². The van der Waals surface area contributed by atoms with Crippen LogP contribution in [0.4, 0.5) is 5.69 Å². The molecule has 0 spiro atoms. The number of methoxy groups -OCH3 is 1. The molecule has 1 heterocycles. The van der Waals surface area contributed by atoms with Crippen molar-refractivity contribution in [3.8, 4) is 16.6 Å². The van der Waals surface area contributed by atoms with Gasteiger partial charge in [-0.1, -0.05) is 23.5 Å². The lowest BCUT2D eigenvalue weighted by Crippen LogP contribution is -1.91. The van der Waals surface area contributed by atoms with E-state index in [1.54, 1.807) is 31.2 Å². The van der Waals surface area contributed by atoms with Gasteiger partial charge in [-0.3, -0.25) is 10.1 Å². The molecule has 20 heavy (non-hydrogen) atoms. The number of benzene rings is 1. The number of aliphatic hydroxyl groups excluding tert-OH is 1. The van der Waals surface area contributed by atoms with Crippen LogP contribution in [-0.4, -0.2) is 17.1 Å². The SMILES string of the molecule is COc1ccccc1Oc1sc([C@H](C)O)cc1[N+](=O)[O-]. The minimum atomic E-state index is -0.784. The Balaban J connectivity index is 2.39. The lowest BCUT2D eigenvalue weighted by atomic mass is 10.3. The zero-order valence-electron chi connectivity index (χ0n) is 10.9. The fourth-order valence-corrected chi connectivity index (χ4v) is 2.52. The first kappa shape index (κ1) is 14.3. The zero-order chi connectivity index (χ0) is 14.7. The van der Waals surface area contributed by atoms with Crippen molar-refractivity contribution in [2.75, 3.05) is 7.11 Å². The van der Waals surface area contributed by atoms with Gasteiger partial charge in [-0.05, 0) is 19.1 Å². The van der Waals surface area contributed by atoms with Crippen molar-refractivity contribution in [3.63, 3.8) is 0 Å². The van der Waals surface area contributed by atoms with E-state index in [1.807, 2.05) is 0 Å². The van der Waals surface area contributed by atoms with Crippen LogP contribution in [0.5, 0.6) is 16.6 Å². The van der Waals surface area contributed by atoms with Crippen molar-refractivity contribution in [3.05, 3.63) is 45.3 Å². The van der Waals surface area contributed by atoms with E-state index in [-0.39, 0.29) is 10.8 Å². The lowest BCUT2D eigenvalue weighted by molar-refractivity contribution is -0.385. The predicted molar refractivity (Wildman–Crippen MR) is 74.7 cm³/mol.